The number of aryl methyl sites for hydroxylation is 1. The molecule has 1 heterocycles. The third kappa shape index (κ3) is 5.63. The van der Waals surface area contributed by atoms with Crippen LogP contribution in [0.25, 0.3) is 0 Å². The monoisotopic (exact) mass is 404 g/mol. The van der Waals surface area contributed by atoms with Crippen molar-refractivity contribution in [2.75, 3.05) is 12.5 Å². The van der Waals surface area contributed by atoms with Gasteiger partial charge in [-0.1, -0.05) is 12.1 Å². The van der Waals surface area contributed by atoms with Crippen LogP contribution in [0, 0.1) is 24.1 Å². The largest absolute Gasteiger partial charge is 0.489 e. The molecule has 1 N–H and O–H groups in total. The number of methoxy groups -OCH3 is 1. The first kappa shape index (κ1) is 21.0. The molecule has 0 radical (unpaired) electrons. The van der Waals surface area contributed by atoms with Crippen LogP contribution in [0.3, 0.4) is 0 Å². The van der Waals surface area contributed by atoms with Gasteiger partial charge in [0.2, 0.25) is 0 Å². The second kappa shape index (κ2) is 10.1. The van der Waals surface area contributed by atoms with Crippen LogP contribution < -0.4 is 10.2 Å². The molecule has 0 bridgehead atoms. The molecular formula is C23H21FN4O2. The first-order valence-corrected chi connectivity index (χ1v) is 9.25. The third-order valence-corrected chi connectivity index (χ3v) is 4.20. The van der Waals surface area contributed by atoms with Crippen molar-refractivity contribution >= 4 is 12.0 Å². The van der Waals surface area contributed by atoms with Crippen LogP contribution in [-0.2, 0) is 18.0 Å². The maximum Gasteiger partial charge on any atom is 0.164 e. The normalized spacial score (nSPS) is 10.7. The van der Waals surface area contributed by atoms with Crippen LogP contribution in [0.1, 0.15) is 27.9 Å². The van der Waals surface area contributed by atoms with Gasteiger partial charge in [0, 0.05) is 18.4 Å². The van der Waals surface area contributed by atoms with Gasteiger partial charge in [-0.2, -0.15) is 10.4 Å². The summed E-state index contributed by atoms with van der Waals surface area (Å²) in [6.07, 6.45) is 1.62. The van der Waals surface area contributed by atoms with E-state index in [0.717, 1.165) is 22.4 Å². The first-order chi connectivity index (χ1) is 14.6. The Kier molecular flexibility index (Phi) is 7.09. The molecule has 3 rings (SSSR count). The SMILES string of the molecule is COCc1cc(C)nc(NN=Cc2ccc(OCc3cccc(F)c3)cc2)c1C#N. The highest BCUT2D eigenvalue weighted by atomic mass is 19.1. The van der Waals surface area contributed by atoms with Crippen LogP contribution in [0.5, 0.6) is 5.75 Å². The number of anilines is 1. The van der Waals surface area contributed by atoms with Crippen molar-refractivity contribution in [3.63, 3.8) is 0 Å². The van der Waals surface area contributed by atoms with Gasteiger partial charge in [-0.05, 0) is 60.5 Å². The summed E-state index contributed by atoms with van der Waals surface area (Å²) in [5.74, 6) is 0.767. The Morgan fingerprint density at radius 3 is 2.67 bits per heavy atom. The molecule has 0 saturated heterocycles. The van der Waals surface area contributed by atoms with E-state index in [9.17, 15) is 9.65 Å². The van der Waals surface area contributed by atoms with Crippen molar-refractivity contribution in [3.8, 4) is 11.8 Å². The molecule has 0 amide bonds. The average molecular weight is 404 g/mol. The summed E-state index contributed by atoms with van der Waals surface area (Å²) in [6.45, 7) is 2.45. The molecule has 30 heavy (non-hydrogen) atoms. The lowest BCUT2D eigenvalue weighted by molar-refractivity contribution is 0.184. The Bertz CT molecular complexity index is 1080. The van der Waals surface area contributed by atoms with E-state index in [1.165, 1.54) is 12.1 Å². The third-order valence-electron chi connectivity index (χ3n) is 4.20. The average Bonchev–Trinajstić information content (AvgIpc) is 2.73. The minimum atomic E-state index is -0.285. The molecule has 0 aliphatic heterocycles. The number of rotatable bonds is 8. The molecule has 152 valence electrons. The summed E-state index contributed by atoms with van der Waals surface area (Å²) in [4.78, 5) is 4.34. The van der Waals surface area contributed by atoms with Gasteiger partial charge in [-0.15, -0.1) is 0 Å². The summed E-state index contributed by atoms with van der Waals surface area (Å²) in [5, 5.41) is 13.6. The van der Waals surface area contributed by atoms with Crippen LogP contribution in [-0.4, -0.2) is 18.3 Å². The Morgan fingerprint density at radius 1 is 1.17 bits per heavy atom. The fourth-order valence-corrected chi connectivity index (χ4v) is 2.83. The summed E-state index contributed by atoms with van der Waals surface area (Å²) in [6, 6.07) is 17.6. The van der Waals surface area contributed by atoms with E-state index in [1.54, 1.807) is 19.4 Å². The number of nitriles is 1. The van der Waals surface area contributed by atoms with Crippen molar-refractivity contribution in [2.24, 2.45) is 5.10 Å². The lowest BCUT2D eigenvalue weighted by Crippen LogP contribution is -2.03. The predicted molar refractivity (Wildman–Crippen MR) is 113 cm³/mol. The van der Waals surface area contributed by atoms with Crippen molar-refractivity contribution < 1.29 is 13.9 Å². The maximum absolute atomic E-state index is 13.2. The number of nitrogens with zero attached hydrogens (tertiary/aromatic N) is 3. The highest BCUT2D eigenvalue weighted by Gasteiger charge is 2.10. The van der Waals surface area contributed by atoms with Gasteiger partial charge in [0.15, 0.2) is 5.82 Å². The first-order valence-electron chi connectivity index (χ1n) is 9.25. The van der Waals surface area contributed by atoms with Crippen LogP contribution in [0.4, 0.5) is 10.2 Å². The zero-order chi connectivity index (χ0) is 21.3. The van der Waals surface area contributed by atoms with Crippen LogP contribution >= 0.6 is 0 Å². The molecule has 0 fully saturated rings. The summed E-state index contributed by atoms with van der Waals surface area (Å²) < 4.78 is 24.0. The van der Waals surface area contributed by atoms with Gasteiger partial charge in [0.1, 0.15) is 29.8 Å². The lowest BCUT2D eigenvalue weighted by atomic mass is 10.1. The number of hydrogen-bond donors (Lipinski definition) is 1. The molecule has 0 saturated carbocycles. The van der Waals surface area contributed by atoms with E-state index in [4.69, 9.17) is 9.47 Å². The Morgan fingerprint density at radius 2 is 1.97 bits per heavy atom. The molecule has 0 aliphatic carbocycles. The number of hydrogen-bond acceptors (Lipinski definition) is 6. The zero-order valence-corrected chi connectivity index (χ0v) is 16.7. The molecule has 7 heteroatoms. The number of halogens is 1. The number of benzene rings is 2. The number of aromatic nitrogens is 1. The summed E-state index contributed by atoms with van der Waals surface area (Å²) >= 11 is 0. The van der Waals surface area contributed by atoms with Gasteiger partial charge in [-0.25, -0.2) is 9.37 Å². The van der Waals surface area contributed by atoms with Gasteiger partial charge in [0.25, 0.3) is 0 Å². The Labute approximate surface area is 174 Å². The van der Waals surface area contributed by atoms with E-state index >= 15 is 0 Å². The van der Waals surface area contributed by atoms with Gasteiger partial charge in [0.05, 0.1) is 12.8 Å². The smallest absolute Gasteiger partial charge is 0.164 e. The second-order valence-electron chi connectivity index (χ2n) is 6.55. The second-order valence-corrected chi connectivity index (χ2v) is 6.55. The molecule has 0 atom stereocenters. The number of ether oxygens (including phenoxy) is 2. The minimum absolute atomic E-state index is 0.284. The molecule has 6 nitrogen and oxygen atoms in total. The van der Waals surface area contributed by atoms with Crippen molar-refractivity contribution in [1.29, 1.82) is 5.26 Å². The molecular weight excluding hydrogens is 383 g/mol. The summed E-state index contributed by atoms with van der Waals surface area (Å²) in [5.41, 5.74) is 6.35. The lowest BCUT2D eigenvalue weighted by Gasteiger charge is -2.09. The zero-order valence-electron chi connectivity index (χ0n) is 16.7. The van der Waals surface area contributed by atoms with Gasteiger partial charge >= 0.3 is 0 Å². The van der Waals surface area contributed by atoms with Crippen LogP contribution in [0.2, 0.25) is 0 Å². The highest BCUT2D eigenvalue weighted by molar-refractivity contribution is 5.80. The molecule has 1 aromatic heterocycles. The molecule has 0 spiro atoms. The topological polar surface area (TPSA) is 79.5 Å². The maximum atomic E-state index is 13.2. The highest BCUT2D eigenvalue weighted by Crippen LogP contribution is 2.19. The van der Waals surface area contributed by atoms with E-state index in [1.807, 2.05) is 43.3 Å². The van der Waals surface area contributed by atoms with E-state index in [-0.39, 0.29) is 12.4 Å². The van der Waals surface area contributed by atoms with Crippen molar-refractivity contribution in [2.45, 2.75) is 20.1 Å². The Balaban J connectivity index is 1.62. The number of pyridine rings is 1. The van der Waals surface area contributed by atoms with E-state index < -0.39 is 0 Å². The van der Waals surface area contributed by atoms with E-state index in [0.29, 0.717) is 23.7 Å². The van der Waals surface area contributed by atoms with Crippen LogP contribution in [0.15, 0.2) is 59.7 Å². The fraction of sp³-hybridized carbons (Fsp3) is 0.174. The van der Waals surface area contributed by atoms with Gasteiger partial charge in [-0.3, -0.25) is 5.43 Å². The number of nitrogens with one attached hydrogen (secondary N) is 1. The minimum Gasteiger partial charge on any atom is -0.489 e. The number of hydrazone groups is 1. The molecule has 0 unspecified atom stereocenters. The predicted octanol–water partition coefficient (Wildman–Crippen LogP) is 4.57. The molecule has 3 aromatic rings. The molecule has 0 aliphatic rings. The fourth-order valence-electron chi connectivity index (χ4n) is 2.83. The Hall–Kier alpha value is -3.76. The van der Waals surface area contributed by atoms with Crippen molar-refractivity contribution in [1.82, 2.24) is 4.98 Å². The van der Waals surface area contributed by atoms with E-state index in [2.05, 4.69) is 21.6 Å². The van der Waals surface area contributed by atoms with Crippen molar-refractivity contribution in [3.05, 3.63) is 88.4 Å². The quantitative estimate of drug-likeness (QED) is 0.439. The molecule has 2 aromatic carbocycles. The summed E-state index contributed by atoms with van der Waals surface area (Å²) in [7, 11) is 1.58. The van der Waals surface area contributed by atoms with Gasteiger partial charge < -0.3 is 9.47 Å². The standard InChI is InChI=1S/C23H21FN4O2/c1-16-10-19(15-29-2)22(12-25)23(27-16)28-26-13-17-6-8-21(9-7-17)30-14-18-4-3-5-20(24)11-18/h3-11,13H,14-15H2,1-2H3,(H,27,28).